The molecule has 1 fully saturated rings. The minimum Gasteiger partial charge on any atom is -0.354 e. The predicted molar refractivity (Wildman–Crippen MR) is 49.3 cm³/mol. The molecular formula is C8H13N5O. The molecule has 0 bridgehead atoms. The number of carbonyl (C=O) groups is 1. The molecule has 14 heavy (non-hydrogen) atoms. The molecule has 2 heterocycles. The van der Waals surface area contributed by atoms with E-state index in [1.54, 1.807) is 13.2 Å². The van der Waals surface area contributed by atoms with Gasteiger partial charge in [0.15, 0.2) is 0 Å². The first kappa shape index (κ1) is 9.14. The van der Waals surface area contributed by atoms with Crippen molar-refractivity contribution in [1.29, 1.82) is 0 Å². The minimum absolute atomic E-state index is 0.113. The Kier molecular flexibility index (Phi) is 2.45. The molecule has 0 radical (unpaired) electrons. The van der Waals surface area contributed by atoms with Crippen LogP contribution in [-0.2, 0) is 18.4 Å². The third kappa shape index (κ3) is 2.08. The molecule has 1 saturated heterocycles. The Labute approximate surface area is 81.7 Å². The zero-order chi connectivity index (χ0) is 9.97. The summed E-state index contributed by atoms with van der Waals surface area (Å²) in [5.41, 5.74) is 0.895. The topological polar surface area (TPSA) is 71.8 Å². The van der Waals surface area contributed by atoms with Crippen LogP contribution in [0.15, 0.2) is 6.20 Å². The molecule has 1 aromatic rings. The van der Waals surface area contributed by atoms with E-state index in [9.17, 15) is 4.79 Å². The third-order valence-electron chi connectivity index (χ3n) is 2.20. The quantitative estimate of drug-likeness (QED) is 0.635. The van der Waals surface area contributed by atoms with Crippen molar-refractivity contribution in [3.05, 3.63) is 11.9 Å². The molecule has 1 amide bonds. The molecular weight excluding hydrogens is 182 g/mol. The number of hydrogen-bond donors (Lipinski definition) is 2. The van der Waals surface area contributed by atoms with Crippen LogP contribution in [0, 0.1) is 0 Å². The van der Waals surface area contributed by atoms with Crippen molar-refractivity contribution in [2.45, 2.75) is 19.0 Å². The molecule has 1 aliphatic rings. The first-order valence-corrected chi connectivity index (χ1v) is 4.59. The van der Waals surface area contributed by atoms with Gasteiger partial charge in [0.05, 0.1) is 11.9 Å². The standard InChI is InChI=1S/C8H13N5O/c1-13-11-5-7(12-13)4-9-6-2-8(14)10-3-6/h5-6,9H,2-4H2,1H3,(H,10,14). The normalized spacial score (nSPS) is 21.2. The number of nitrogens with one attached hydrogen (secondary N) is 2. The minimum atomic E-state index is 0.113. The summed E-state index contributed by atoms with van der Waals surface area (Å²) in [5, 5.41) is 14.1. The lowest BCUT2D eigenvalue weighted by Crippen LogP contribution is -2.30. The second kappa shape index (κ2) is 3.75. The molecule has 6 nitrogen and oxygen atoms in total. The maximum Gasteiger partial charge on any atom is 0.221 e. The average molecular weight is 195 g/mol. The van der Waals surface area contributed by atoms with Crippen LogP contribution in [0.1, 0.15) is 12.1 Å². The Bertz CT molecular complexity index is 334. The fraction of sp³-hybridized carbons (Fsp3) is 0.625. The summed E-state index contributed by atoms with van der Waals surface area (Å²) in [5.74, 6) is 0.113. The summed E-state index contributed by atoms with van der Waals surface area (Å²) < 4.78 is 0. The molecule has 2 rings (SSSR count). The fourth-order valence-corrected chi connectivity index (χ4v) is 1.47. The Hall–Kier alpha value is -1.43. The highest BCUT2D eigenvalue weighted by molar-refractivity contribution is 5.78. The molecule has 0 aromatic carbocycles. The van der Waals surface area contributed by atoms with Crippen LogP contribution in [0.3, 0.4) is 0 Å². The molecule has 2 N–H and O–H groups in total. The zero-order valence-corrected chi connectivity index (χ0v) is 8.03. The third-order valence-corrected chi connectivity index (χ3v) is 2.20. The summed E-state index contributed by atoms with van der Waals surface area (Å²) in [6.07, 6.45) is 2.28. The lowest BCUT2D eigenvalue weighted by molar-refractivity contribution is -0.119. The van der Waals surface area contributed by atoms with Crippen LogP contribution in [-0.4, -0.2) is 33.5 Å². The van der Waals surface area contributed by atoms with Gasteiger partial charge in [0.2, 0.25) is 5.91 Å². The summed E-state index contributed by atoms with van der Waals surface area (Å²) in [6, 6.07) is 0.226. The maximum atomic E-state index is 10.9. The van der Waals surface area contributed by atoms with Crippen LogP contribution in [0.25, 0.3) is 0 Å². The van der Waals surface area contributed by atoms with Crippen molar-refractivity contribution in [2.24, 2.45) is 7.05 Å². The highest BCUT2D eigenvalue weighted by Crippen LogP contribution is 2.00. The van der Waals surface area contributed by atoms with E-state index in [-0.39, 0.29) is 11.9 Å². The van der Waals surface area contributed by atoms with Gasteiger partial charge in [0, 0.05) is 32.6 Å². The van der Waals surface area contributed by atoms with Crippen LogP contribution >= 0.6 is 0 Å². The lowest BCUT2D eigenvalue weighted by atomic mass is 10.2. The first-order chi connectivity index (χ1) is 6.74. The highest BCUT2D eigenvalue weighted by Gasteiger charge is 2.20. The molecule has 1 atom stereocenters. The van der Waals surface area contributed by atoms with Crippen LogP contribution in [0.5, 0.6) is 0 Å². The van der Waals surface area contributed by atoms with Gasteiger partial charge < -0.3 is 10.6 Å². The van der Waals surface area contributed by atoms with E-state index < -0.39 is 0 Å². The van der Waals surface area contributed by atoms with Crippen molar-refractivity contribution in [1.82, 2.24) is 25.6 Å². The van der Waals surface area contributed by atoms with Gasteiger partial charge in [0.25, 0.3) is 0 Å². The van der Waals surface area contributed by atoms with E-state index in [0.717, 1.165) is 5.69 Å². The van der Waals surface area contributed by atoms with Gasteiger partial charge in [-0.3, -0.25) is 4.79 Å². The Balaban J connectivity index is 1.80. The van der Waals surface area contributed by atoms with Gasteiger partial charge in [-0.25, -0.2) is 0 Å². The number of aromatic nitrogens is 3. The van der Waals surface area contributed by atoms with Crippen LogP contribution < -0.4 is 10.6 Å². The molecule has 1 aliphatic heterocycles. The van der Waals surface area contributed by atoms with Crippen molar-refractivity contribution >= 4 is 5.91 Å². The first-order valence-electron chi connectivity index (χ1n) is 4.59. The number of carbonyl (C=O) groups excluding carboxylic acids is 1. The average Bonchev–Trinajstić information content (AvgIpc) is 2.72. The van der Waals surface area contributed by atoms with Crippen LogP contribution in [0.2, 0.25) is 0 Å². The molecule has 1 unspecified atom stereocenters. The lowest BCUT2D eigenvalue weighted by Gasteiger charge is -2.07. The summed E-state index contributed by atoms with van der Waals surface area (Å²) in [7, 11) is 1.78. The monoisotopic (exact) mass is 195 g/mol. The molecule has 0 aliphatic carbocycles. The van der Waals surface area contributed by atoms with E-state index in [1.807, 2.05) is 0 Å². The number of amides is 1. The summed E-state index contributed by atoms with van der Waals surface area (Å²) >= 11 is 0. The van der Waals surface area contributed by atoms with Crippen molar-refractivity contribution in [2.75, 3.05) is 6.54 Å². The van der Waals surface area contributed by atoms with Gasteiger partial charge in [-0.15, -0.1) is 0 Å². The van der Waals surface area contributed by atoms with E-state index >= 15 is 0 Å². The van der Waals surface area contributed by atoms with E-state index in [0.29, 0.717) is 19.5 Å². The van der Waals surface area contributed by atoms with Crippen molar-refractivity contribution < 1.29 is 4.79 Å². The maximum absolute atomic E-state index is 10.9. The fourth-order valence-electron chi connectivity index (χ4n) is 1.47. The molecule has 6 heteroatoms. The molecule has 1 aromatic heterocycles. The van der Waals surface area contributed by atoms with E-state index in [2.05, 4.69) is 20.8 Å². The summed E-state index contributed by atoms with van der Waals surface area (Å²) in [6.45, 7) is 1.37. The van der Waals surface area contributed by atoms with Gasteiger partial charge >= 0.3 is 0 Å². The van der Waals surface area contributed by atoms with Crippen LogP contribution in [0.4, 0.5) is 0 Å². The van der Waals surface area contributed by atoms with Crippen molar-refractivity contribution in [3.63, 3.8) is 0 Å². The molecule has 0 saturated carbocycles. The number of aryl methyl sites for hydroxylation is 1. The Morgan fingerprint density at radius 3 is 3.21 bits per heavy atom. The zero-order valence-electron chi connectivity index (χ0n) is 8.03. The smallest absolute Gasteiger partial charge is 0.221 e. The second-order valence-corrected chi connectivity index (χ2v) is 3.41. The van der Waals surface area contributed by atoms with Gasteiger partial charge in [-0.2, -0.15) is 15.0 Å². The second-order valence-electron chi connectivity index (χ2n) is 3.41. The Morgan fingerprint density at radius 2 is 2.64 bits per heavy atom. The van der Waals surface area contributed by atoms with E-state index in [1.165, 1.54) is 4.80 Å². The van der Waals surface area contributed by atoms with E-state index in [4.69, 9.17) is 0 Å². The van der Waals surface area contributed by atoms with Gasteiger partial charge in [-0.05, 0) is 0 Å². The van der Waals surface area contributed by atoms with Gasteiger partial charge in [0.1, 0.15) is 0 Å². The molecule has 0 spiro atoms. The Morgan fingerprint density at radius 1 is 1.79 bits per heavy atom. The highest BCUT2D eigenvalue weighted by atomic mass is 16.1. The van der Waals surface area contributed by atoms with Crippen molar-refractivity contribution in [3.8, 4) is 0 Å². The number of hydrogen-bond acceptors (Lipinski definition) is 4. The SMILES string of the molecule is Cn1ncc(CNC2CNC(=O)C2)n1. The van der Waals surface area contributed by atoms with Gasteiger partial charge in [-0.1, -0.05) is 0 Å². The largest absolute Gasteiger partial charge is 0.354 e. The summed E-state index contributed by atoms with van der Waals surface area (Å²) in [4.78, 5) is 12.4. The predicted octanol–water partition coefficient (Wildman–Crippen LogP) is -1.21. The number of nitrogens with zero attached hydrogens (tertiary/aromatic N) is 3. The molecule has 76 valence electrons. The number of rotatable bonds is 3.